The van der Waals surface area contributed by atoms with Crippen LogP contribution in [-0.2, 0) is 0 Å². The molecule has 0 aliphatic rings. The zero-order valence-electron chi connectivity index (χ0n) is 10.9. The number of halogens is 1. The van der Waals surface area contributed by atoms with Crippen molar-refractivity contribution in [3.63, 3.8) is 0 Å². The first-order valence-corrected chi connectivity index (χ1v) is 7.57. The molecule has 0 amide bonds. The summed E-state index contributed by atoms with van der Waals surface area (Å²) in [6.07, 6.45) is 1.21. The van der Waals surface area contributed by atoms with Gasteiger partial charge in [-0.25, -0.2) is 0 Å². The Bertz CT molecular complexity index is 311. The van der Waals surface area contributed by atoms with Gasteiger partial charge in [0.2, 0.25) is 0 Å². The Hall–Kier alpha value is -0.180. The fourth-order valence-electron chi connectivity index (χ4n) is 1.81. The summed E-state index contributed by atoms with van der Waals surface area (Å²) in [5.41, 5.74) is 1.38. The maximum Gasteiger partial charge on any atom is 0.0406 e. The van der Waals surface area contributed by atoms with Crippen LogP contribution in [0, 0.1) is 0 Å². The highest BCUT2D eigenvalue weighted by atomic mass is 35.5. The predicted molar refractivity (Wildman–Crippen MR) is 80.3 cm³/mol. The van der Waals surface area contributed by atoms with E-state index < -0.39 is 0 Å². The van der Waals surface area contributed by atoms with Gasteiger partial charge < -0.3 is 5.32 Å². The summed E-state index contributed by atoms with van der Waals surface area (Å²) in [6, 6.07) is 8.25. The molecule has 1 N–H and O–H groups in total. The van der Waals surface area contributed by atoms with Crippen LogP contribution in [0.1, 0.15) is 31.7 Å². The van der Waals surface area contributed by atoms with E-state index in [1.807, 2.05) is 30.9 Å². The van der Waals surface area contributed by atoms with E-state index >= 15 is 0 Å². The van der Waals surface area contributed by atoms with Crippen LogP contribution in [0.25, 0.3) is 0 Å². The van der Waals surface area contributed by atoms with Crippen molar-refractivity contribution in [1.82, 2.24) is 5.32 Å². The van der Waals surface area contributed by atoms with Crippen LogP contribution in [0.2, 0.25) is 5.02 Å². The molecule has 0 fully saturated rings. The molecule has 0 bridgehead atoms. The third kappa shape index (κ3) is 5.80. The largest absolute Gasteiger partial charge is 0.319 e. The first-order valence-electron chi connectivity index (χ1n) is 6.15. The molecular formula is C14H22ClNS. The standard InChI is InChI=1S/C14H22ClNS/c1-11(2)17-9-8-13(10-16-3)12-4-6-14(15)7-5-12/h4-7,11,13,16H,8-10H2,1-3H3. The first kappa shape index (κ1) is 14.9. The van der Waals surface area contributed by atoms with Gasteiger partial charge in [-0.1, -0.05) is 37.6 Å². The van der Waals surface area contributed by atoms with Gasteiger partial charge in [-0.15, -0.1) is 0 Å². The van der Waals surface area contributed by atoms with Crippen LogP contribution in [0.4, 0.5) is 0 Å². The van der Waals surface area contributed by atoms with Gasteiger partial charge in [0.1, 0.15) is 0 Å². The Morgan fingerprint density at radius 1 is 1.24 bits per heavy atom. The van der Waals surface area contributed by atoms with Gasteiger partial charge in [-0.3, -0.25) is 0 Å². The van der Waals surface area contributed by atoms with Crippen molar-refractivity contribution in [2.45, 2.75) is 31.4 Å². The lowest BCUT2D eigenvalue weighted by Crippen LogP contribution is -2.18. The molecule has 0 spiro atoms. The number of rotatable bonds is 7. The minimum atomic E-state index is 0.587. The van der Waals surface area contributed by atoms with E-state index in [9.17, 15) is 0 Å². The quantitative estimate of drug-likeness (QED) is 0.799. The van der Waals surface area contributed by atoms with Crippen LogP contribution in [0.15, 0.2) is 24.3 Å². The maximum atomic E-state index is 5.92. The van der Waals surface area contributed by atoms with Gasteiger partial charge in [0.15, 0.2) is 0 Å². The molecule has 0 aliphatic carbocycles. The van der Waals surface area contributed by atoms with Gasteiger partial charge in [-0.05, 0) is 48.1 Å². The molecule has 0 aliphatic heterocycles. The summed E-state index contributed by atoms with van der Waals surface area (Å²) in [7, 11) is 2.01. The van der Waals surface area contributed by atoms with Crippen LogP contribution in [0.5, 0.6) is 0 Å². The number of benzene rings is 1. The van der Waals surface area contributed by atoms with Gasteiger partial charge in [-0.2, -0.15) is 11.8 Å². The third-order valence-electron chi connectivity index (χ3n) is 2.71. The van der Waals surface area contributed by atoms with Gasteiger partial charge in [0.25, 0.3) is 0 Å². The molecule has 1 rings (SSSR count). The van der Waals surface area contributed by atoms with Crippen molar-refractivity contribution < 1.29 is 0 Å². The molecule has 3 heteroatoms. The Kier molecular flexibility index (Phi) is 7.02. The highest BCUT2D eigenvalue weighted by Gasteiger charge is 2.10. The van der Waals surface area contributed by atoms with Gasteiger partial charge >= 0.3 is 0 Å². The second kappa shape index (κ2) is 8.02. The smallest absolute Gasteiger partial charge is 0.0406 e. The molecule has 0 saturated carbocycles. The molecule has 0 heterocycles. The second-order valence-corrected chi connectivity index (χ2v) is 6.64. The van der Waals surface area contributed by atoms with E-state index in [2.05, 4.69) is 31.3 Å². The molecule has 1 aromatic carbocycles. The number of hydrogen-bond donors (Lipinski definition) is 1. The monoisotopic (exact) mass is 271 g/mol. The van der Waals surface area contributed by atoms with Crippen LogP contribution >= 0.6 is 23.4 Å². The average Bonchev–Trinajstić information content (AvgIpc) is 2.29. The van der Waals surface area contributed by atoms with Crippen molar-refractivity contribution in [3.8, 4) is 0 Å². The second-order valence-electron chi connectivity index (χ2n) is 4.51. The SMILES string of the molecule is CNCC(CCSC(C)C)c1ccc(Cl)cc1. The number of likely N-dealkylation sites (N-methyl/N-ethyl adjacent to an activating group) is 1. The lowest BCUT2D eigenvalue weighted by atomic mass is 9.96. The molecule has 0 saturated heterocycles. The summed E-state index contributed by atoms with van der Waals surface area (Å²) < 4.78 is 0. The van der Waals surface area contributed by atoms with Crippen LogP contribution in [0.3, 0.4) is 0 Å². The fourth-order valence-corrected chi connectivity index (χ4v) is 2.83. The third-order valence-corrected chi connectivity index (χ3v) is 4.10. The van der Waals surface area contributed by atoms with Crippen molar-refractivity contribution in [2.24, 2.45) is 0 Å². The normalized spacial score (nSPS) is 13.0. The van der Waals surface area contributed by atoms with E-state index in [4.69, 9.17) is 11.6 Å². The number of hydrogen-bond acceptors (Lipinski definition) is 2. The minimum absolute atomic E-state index is 0.587. The topological polar surface area (TPSA) is 12.0 Å². The zero-order chi connectivity index (χ0) is 12.7. The molecular weight excluding hydrogens is 250 g/mol. The molecule has 1 nitrogen and oxygen atoms in total. The lowest BCUT2D eigenvalue weighted by molar-refractivity contribution is 0.615. The summed E-state index contributed by atoms with van der Waals surface area (Å²) in [6.45, 7) is 5.53. The number of thioether (sulfide) groups is 1. The molecule has 17 heavy (non-hydrogen) atoms. The average molecular weight is 272 g/mol. The molecule has 1 atom stereocenters. The first-order chi connectivity index (χ1) is 8.13. The Balaban J connectivity index is 2.55. The van der Waals surface area contributed by atoms with Crippen LogP contribution in [-0.4, -0.2) is 24.6 Å². The Labute approximate surface area is 114 Å². The molecule has 0 aromatic heterocycles. The zero-order valence-corrected chi connectivity index (χ0v) is 12.4. The minimum Gasteiger partial charge on any atom is -0.319 e. The molecule has 1 unspecified atom stereocenters. The highest BCUT2D eigenvalue weighted by molar-refractivity contribution is 7.99. The number of nitrogens with one attached hydrogen (secondary N) is 1. The fraction of sp³-hybridized carbons (Fsp3) is 0.571. The van der Waals surface area contributed by atoms with E-state index in [0.717, 1.165) is 16.8 Å². The molecule has 0 radical (unpaired) electrons. The van der Waals surface area contributed by atoms with E-state index in [1.165, 1.54) is 17.7 Å². The summed E-state index contributed by atoms with van der Waals surface area (Å²) in [5, 5.41) is 4.81. The molecule has 96 valence electrons. The van der Waals surface area contributed by atoms with Crippen LogP contribution < -0.4 is 5.32 Å². The van der Waals surface area contributed by atoms with Gasteiger partial charge in [0.05, 0.1) is 0 Å². The molecule has 1 aromatic rings. The Morgan fingerprint density at radius 3 is 2.41 bits per heavy atom. The highest BCUT2D eigenvalue weighted by Crippen LogP contribution is 2.24. The van der Waals surface area contributed by atoms with Crippen molar-refractivity contribution >= 4 is 23.4 Å². The van der Waals surface area contributed by atoms with Crippen molar-refractivity contribution in [3.05, 3.63) is 34.9 Å². The van der Waals surface area contributed by atoms with E-state index in [1.54, 1.807) is 0 Å². The van der Waals surface area contributed by atoms with Crippen molar-refractivity contribution in [1.29, 1.82) is 0 Å². The maximum absolute atomic E-state index is 5.92. The predicted octanol–water partition coefficient (Wildman–Crippen LogP) is 4.17. The van der Waals surface area contributed by atoms with E-state index in [-0.39, 0.29) is 0 Å². The van der Waals surface area contributed by atoms with E-state index in [0.29, 0.717) is 5.92 Å². The summed E-state index contributed by atoms with van der Waals surface area (Å²) in [4.78, 5) is 0. The lowest BCUT2D eigenvalue weighted by Gasteiger charge is -2.17. The summed E-state index contributed by atoms with van der Waals surface area (Å²) in [5.74, 6) is 1.80. The Morgan fingerprint density at radius 2 is 1.88 bits per heavy atom. The summed E-state index contributed by atoms with van der Waals surface area (Å²) >= 11 is 7.95. The van der Waals surface area contributed by atoms with Crippen molar-refractivity contribution in [2.75, 3.05) is 19.3 Å². The van der Waals surface area contributed by atoms with Gasteiger partial charge in [0, 0.05) is 11.6 Å².